The van der Waals surface area contributed by atoms with Crippen LogP contribution in [0.5, 0.6) is 0 Å². The number of carbonyl (C=O) groups excluding carboxylic acids is 1. The molecule has 0 aromatic heterocycles. The molecule has 0 aromatic rings. The predicted molar refractivity (Wildman–Crippen MR) is 87.6 cm³/mol. The molecule has 6 nitrogen and oxygen atoms in total. The van der Waals surface area contributed by atoms with Gasteiger partial charge < -0.3 is 10.1 Å². The minimum Gasteiger partial charge on any atom is -0.469 e. The van der Waals surface area contributed by atoms with E-state index in [2.05, 4.69) is 10.0 Å². The molecule has 22 heavy (non-hydrogen) atoms. The molecule has 2 aliphatic rings. The topological polar surface area (TPSA) is 84.5 Å². The Morgan fingerprint density at radius 1 is 1.18 bits per heavy atom. The van der Waals surface area contributed by atoms with E-state index in [-0.39, 0.29) is 24.5 Å². The van der Waals surface area contributed by atoms with E-state index in [4.69, 9.17) is 4.74 Å². The van der Waals surface area contributed by atoms with E-state index >= 15 is 0 Å². The summed E-state index contributed by atoms with van der Waals surface area (Å²) in [6, 6.07) is 0.0256. The van der Waals surface area contributed by atoms with Gasteiger partial charge in [-0.1, -0.05) is 12.8 Å². The number of hydrogen-bond donors (Lipinski definition) is 2. The fraction of sp³-hybridized carbons (Fsp3) is 0.929. The SMILES string of the molecule is COC(=O)C1CCCCC1S(=O)(=O)NC1CCCNC1C.Cl. The highest BCUT2D eigenvalue weighted by molar-refractivity contribution is 7.90. The smallest absolute Gasteiger partial charge is 0.310 e. The van der Waals surface area contributed by atoms with Crippen LogP contribution < -0.4 is 10.0 Å². The summed E-state index contributed by atoms with van der Waals surface area (Å²) in [5.74, 6) is -0.937. The maximum Gasteiger partial charge on any atom is 0.310 e. The molecule has 2 N–H and O–H groups in total. The maximum absolute atomic E-state index is 12.7. The van der Waals surface area contributed by atoms with Gasteiger partial charge in [-0.2, -0.15) is 0 Å². The third-order valence-corrected chi connectivity index (χ3v) is 6.68. The van der Waals surface area contributed by atoms with Crippen LogP contribution in [0.15, 0.2) is 0 Å². The molecule has 1 saturated carbocycles. The highest BCUT2D eigenvalue weighted by atomic mass is 35.5. The van der Waals surface area contributed by atoms with Gasteiger partial charge in [-0.3, -0.25) is 4.79 Å². The van der Waals surface area contributed by atoms with Crippen molar-refractivity contribution < 1.29 is 17.9 Å². The molecule has 0 radical (unpaired) electrons. The van der Waals surface area contributed by atoms with Crippen LogP contribution in [0.25, 0.3) is 0 Å². The molecule has 1 heterocycles. The van der Waals surface area contributed by atoms with Crippen LogP contribution >= 0.6 is 12.4 Å². The molecule has 2 fully saturated rings. The molecular weight excluding hydrogens is 328 g/mol. The molecule has 8 heteroatoms. The first-order valence-corrected chi connectivity index (χ1v) is 9.32. The second kappa shape index (κ2) is 8.47. The second-order valence-corrected chi connectivity index (χ2v) is 8.04. The lowest BCUT2D eigenvalue weighted by Crippen LogP contribution is -2.55. The zero-order chi connectivity index (χ0) is 15.5. The monoisotopic (exact) mass is 354 g/mol. The molecule has 0 amide bonds. The fourth-order valence-electron chi connectivity index (χ4n) is 3.39. The zero-order valence-electron chi connectivity index (χ0n) is 13.2. The van der Waals surface area contributed by atoms with Crippen molar-refractivity contribution in [2.24, 2.45) is 5.92 Å². The van der Waals surface area contributed by atoms with E-state index in [1.54, 1.807) is 0 Å². The van der Waals surface area contributed by atoms with Crippen molar-refractivity contribution in [1.82, 2.24) is 10.0 Å². The van der Waals surface area contributed by atoms with Crippen molar-refractivity contribution in [3.05, 3.63) is 0 Å². The molecule has 0 spiro atoms. The summed E-state index contributed by atoms with van der Waals surface area (Å²) >= 11 is 0. The first-order chi connectivity index (χ1) is 9.95. The van der Waals surface area contributed by atoms with Crippen molar-refractivity contribution >= 4 is 28.4 Å². The highest BCUT2D eigenvalue weighted by Crippen LogP contribution is 2.30. The number of nitrogens with one attached hydrogen (secondary N) is 2. The van der Waals surface area contributed by atoms with Crippen LogP contribution in [0.2, 0.25) is 0 Å². The lowest BCUT2D eigenvalue weighted by Gasteiger charge is -2.34. The maximum atomic E-state index is 12.7. The van der Waals surface area contributed by atoms with Gasteiger partial charge in [0.25, 0.3) is 0 Å². The lowest BCUT2D eigenvalue weighted by atomic mass is 9.89. The number of piperidine rings is 1. The van der Waals surface area contributed by atoms with E-state index in [9.17, 15) is 13.2 Å². The molecule has 1 saturated heterocycles. The quantitative estimate of drug-likeness (QED) is 0.741. The molecule has 1 aliphatic carbocycles. The number of rotatable bonds is 4. The lowest BCUT2D eigenvalue weighted by molar-refractivity contribution is -0.146. The molecule has 0 aromatic carbocycles. The van der Waals surface area contributed by atoms with Crippen molar-refractivity contribution in [3.8, 4) is 0 Å². The Morgan fingerprint density at radius 3 is 2.50 bits per heavy atom. The molecule has 130 valence electrons. The second-order valence-electron chi connectivity index (χ2n) is 6.11. The summed E-state index contributed by atoms with van der Waals surface area (Å²) in [6.45, 7) is 2.92. The van der Waals surface area contributed by atoms with Gasteiger partial charge in [-0.25, -0.2) is 13.1 Å². The minimum atomic E-state index is -3.51. The van der Waals surface area contributed by atoms with Crippen LogP contribution in [0, 0.1) is 5.92 Å². The van der Waals surface area contributed by atoms with Gasteiger partial charge in [0.2, 0.25) is 10.0 Å². The molecule has 4 atom stereocenters. The molecule has 2 rings (SSSR count). The van der Waals surface area contributed by atoms with Crippen molar-refractivity contribution in [2.45, 2.75) is 62.8 Å². The Labute approximate surface area is 139 Å². The van der Waals surface area contributed by atoms with Crippen LogP contribution in [0.3, 0.4) is 0 Å². The third-order valence-electron chi connectivity index (χ3n) is 4.68. The average molecular weight is 355 g/mol. The van der Waals surface area contributed by atoms with Gasteiger partial charge in [0.1, 0.15) is 0 Å². The van der Waals surface area contributed by atoms with E-state index in [1.807, 2.05) is 6.92 Å². The van der Waals surface area contributed by atoms with Gasteiger partial charge in [-0.15, -0.1) is 12.4 Å². The normalized spacial score (nSPS) is 32.8. The Kier molecular flexibility index (Phi) is 7.58. The first kappa shape index (κ1) is 19.7. The number of hydrogen-bond acceptors (Lipinski definition) is 5. The molecule has 1 aliphatic heterocycles. The largest absolute Gasteiger partial charge is 0.469 e. The summed E-state index contributed by atoms with van der Waals surface area (Å²) in [5.41, 5.74) is 0. The van der Waals surface area contributed by atoms with Gasteiger partial charge >= 0.3 is 5.97 Å². The van der Waals surface area contributed by atoms with E-state index < -0.39 is 27.2 Å². The van der Waals surface area contributed by atoms with Crippen LogP contribution in [0.1, 0.15) is 45.4 Å². The van der Waals surface area contributed by atoms with Gasteiger partial charge in [0.05, 0.1) is 18.3 Å². The van der Waals surface area contributed by atoms with Crippen molar-refractivity contribution in [3.63, 3.8) is 0 Å². The molecule has 0 bridgehead atoms. The standard InChI is InChI=1S/C14H26N2O4S.ClH/c1-10-12(7-5-9-15-10)16-21(18,19)13-8-4-3-6-11(13)14(17)20-2;/h10-13,15-16H,3-9H2,1-2H3;1H. The number of halogens is 1. The summed E-state index contributed by atoms with van der Waals surface area (Å²) < 4.78 is 33.0. The van der Waals surface area contributed by atoms with Crippen molar-refractivity contribution in [1.29, 1.82) is 0 Å². The van der Waals surface area contributed by atoms with Crippen molar-refractivity contribution in [2.75, 3.05) is 13.7 Å². The molecular formula is C14H27ClN2O4S. The zero-order valence-corrected chi connectivity index (χ0v) is 14.8. The summed E-state index contributed by atoms with van der Waals surface area (Å²) in [7, 11) is -2.19. The average Bonchev–Trinajstić information content (AvgIpc) is 2.48. The number of carbonyl (C=O) groups is 1. The first-order valence-electron chi connectivity index (χ1n) is 7.78. The van der Waals surface area contributed by atoms with E-state index in [1.165, 1.54) is 7.11 Å². The Bertz CT molecular complexity index is 471. The third kappa shape index (κ3) is 4.57. The molecule has 4 unspecified atom stereocenters. The van der Waals surface area contributed by atoms with E-state index in [0.29, 0.717) is 12.8 Å². The fourth-order valence-corrected chi connectivity index (χ4v) is 5.47. The number of sulfonamides is 1. The Hall–Kier alpha value is -0.370. The van der Waals surface area contributed by atoms with Gasteiger partial charge in [0.15, 0.2) is 0 Å². The predicted octanol–water partition coefficient (Wildman–Crippen LogP) is 1.20. The van der Waals surface area contributed by atoms with E-state index in [0.717, 1.165) is 32.2 Å². The minimum absolute atomic E-state index is 0. The number of ether oxygens (including phenoxy) is 1. The van der Waals surface area contributed by atoms with Crippen LogP contribution in [-0.4, -0.2) is 45.4 Å². The van der Waals surface area contributed by atoms with Crippen LogP contribution in [-0.2, 0) is 19.6 Å². The Balaban J connectivity index is 0.00000242. The number of methoxy groups -OCH3 is 1. The van der Waals surface area contributed by atoms with Gasteiger partial charge in [0, 0.05) is 12.1 Å². The summed E-state index contributed by atoms with van der Waals surface area (Å²) in [5, 5.41) is 2.62. The Morgan fingerprint density at radius 2 is 1.86 bits per heavy atom. The van der Waals surface area contributed by atoms with Gasteiger partial charge in [-0.05, 0) is 39.2 Å². The van der Waals surface area contributed by atoms with Crippen LogP contribution in [0.4, 0.5) is 0 Å². The summed E-state index contributed by atoms with van der Waals surface area (Å²) in [4.78, 5) is 11.9. The number of esters is 1. The highest BCUT2D eigenvalue weighted by Gasteiger charge is 2.41. The summed E-state index contributed by atoms with van der Waals surface area (Å²) in [6.07, 6.45) is 4.65.